The quantitative estimate of drug-likeness (QED) is 0.792. The number of imide groups is 1. The molecule has 1 saturated heterocycles. The first-order valence-electron chi connectivity index (χ1n) is 9.29. The van der Waals surface area contributed by atoms with E-state index in [1.54, 1.807) is 0 Å². The van der Waals surface area contributed by atoms with Crippen LogP contribution in [0.1, 0.15) is 44.6 Å². The van der Waals surface area contributed by atoms with Gasteiger partial charge in [0.05, 0.1) is 6.54 Å². The van der Waals surface area contributed by atoms with Crippen LogP contribution in [0.4, 0.5) is 10.6 Å². The van der Waals surface area contributed by atoms with Crippen molar-refractivity contribution >= 4 is 17.8 Å². The Morgan fingerprint density at radius 3 is 2.50 bits per heavy atom. The number of hydrogen-bond donors (Lipinski definition) is 2. The van der Waals surface area contributed by atoms with Gasteiger partial charge in [-0.2, -0.15) is 0 Å². The van der Waals surface area contributed by atoms with E-state index in [9.17, 15) is 9.59 Å². The maximum Gasteiger partial charge on any atom is 0.321 e. The normalized spacial score (nSPS) is 15.2. The summed E-state index contributed by atoms with van der Waals surface area (Å²) in [6.07, 6.45) is 0.838. The van der Waals surface area contributed by atoms with E-state index in [1.165, 1.54) is 0 Å². The fourth-order valence-corrected chi connectivity index (χ4v) is 2.78. The third-order valence-corrected chi connectivity index (χ3v) is 4.23. The maximum atomic E-state index is 12.0. The average Bonchev–Trinajstić information content (AvgIpc) is 2.59. The van der Waals surface area contributed by atoms with E-state index in [0.29, 0.717) is 6.54 Å². The van der Waals surface area contributed by atoms with Crippen LogP contribution in [-0.4, -0.2) is 66.1 Å². The van der Waals surface area contributed by atoms with E-state index >= 15 is 0 Å². The summed E-state index contributed by atoms with van der Waals surface area (Å²) in [4.78, 5) is 36.9. The van der Waals surface area contributed by atoms with Gasteiger partial charge in [0.2, 0.25) is 5.91 Å². The standard InChI is InChI=1S/C18H30N6O2/c1-5-6-19-18(26)22-16(25)12-23-7-9-24(10-8-23)15-11-14(4)20-17(21-15)13(2)3/h11,13H,5-10,12H2,1-4H3,(H2,19,22,25,26). The molecule has 1 fully saturated rings. The first-order valence-corrected chi connectivity index (χ1v) is 9.29. The van der Waals surface area contributed by atoms with Gasteiger partial charge >= 0.3 is 6.03 Å². The summed E-state index contributed by atoms with van der Waals surface area (Å²) in [5.41, 5.74) is 0.971. The van der Waals surface area contributed by atoms with E-state index in [4.69, 9.17) is 0 Å². The van der Waals surface area contributed by atoms with Crippen molar-refractivity contribution in [1.82, 2.24) is 25.5 Å². The molecule has 2 rings (SSSR count). The number of rotatable bonds is 6. The van der Waals surface area contributed by atoms with Gasteiger partial charge in [-0.1, -0.05) is 20.8 Å². The van der Waals surface area contributed by atoms with Crippen LogP contribution >= 0.6 is 0 Å². The van der Waals surface area contributed by atoms with Crippen molar-refractivity contribution in [3.05, 3.63) is 17.6 Å². The molecule has 2 N–H and O–H groups in total. The van der Waals surface area contributed by atoms with Crippen LogP contribution in [0.15, 0.2) is 6.07 Å². The molecular weight excluding hydrogens is 332 g/mol. The number of hydrogen-bond acceptors (Lipinski definition) is 6. The molecule has 144 valence electrons. The second kappa shape index (κ2) is 9.47. The predicted octanol–water partition coefficient (Wildman–Crippen LogP) is 1.27. The molecule has 0 spiro atoms. The van der Waals surface area contributed by atoms with Crippen molar-refractivity contribution in [2.45, 2.75) is 40.0 Å². The zero-order valence-corrected chi connectivity index (χ0v) is 16.2. The van der Waals surface area contributed by atoms with E-state index in [1.807, 2.05) is 19.9 Å². The largest absolute Gasteiger partial charge is 0.354 e. The van der Waals surface area contributed by atoms with Crippen molar-refractivity contribution in [3.63, 3.8) is 0 Å². The molecule has 0 atom stereocenters. The highest BCUT2D eigenvalue weighted by Crippen LogP contribution is 2.18. The Kier molecular flexibility index (Phi) is 7.32. The maximum absolute atomic E-state index is 12.0. The van der Waals surface area contributed by atoms with Gasteiger partial charge in [0.1, 0.15) is 11.6 Å². The SMILES string of the molecule is CCCNC(=O)NC(=O)CN1CCN(c2cc(C)nc(C(C)C)n2)CC1. The lowest BCUT2D eigenvalue weighted by molar-refractivity contribution is -0.121. The Balaban J connectivity index is 1.84. The van der Waals surface area contributed by atoms with Crippen LogP contribution in [-0.2, 0) is 4.79 Å². The lowest BCUT2D eigenvalue weighted by Crippen LogP contribution is -2.51. The molecule has 1 aliphatic heterocycles. The molecule has 2 heterocycles. The summed E-state index contributed by atoms with van der Waals surface area (Å²) in [5, 5.41) is 5.00. The molecule has 1 aromatic rings. The topological polar surface area (TPSA) is 90.5 Å². The third kappa shape index (κ3) is 5.94. The fraction of sp³-hybridized carbons (Fsp3) is 0.667. The molecule has 3 amide bonds. The third-order valence-electron chi connectivity index (χ3n) is 4.23. The highest BCUT2D eigenvalue weighted by atomic mass is 16.2. The Hall–Kier alpha value is -2.22. The van der Waals surface area contributed by atoms with E-state index in [2.05, 4.69) is 44.2 Å². The van der Waals surface area contributed by atoms with Crippen LogP contribution in [0, 0.1) is 6.92 Å². The van der Waals surface area contributed by atoms with Gasteiger partial charge in [0.25, 0.3) is 0 Å². The Morgan fingerprint density at radius 1 is 1.19 bits per heavy atom. The number of piperazine rings is 1. The number of aromatic nitrogens is 2. The lowest BCUT2D eigenvalue weighted by atomic mass is 10.2. The first kappa shape index (κ1) is 20.1. The molecule has 1 aromatic heterocycles. The van der Waals surface area contributed by atoms with Crippen LogP contribution < -0.4 is 15.5 Å². The van der Waals surface area contributed by atoms with E-state index < -0.39 is 6.03 Å². The summed E-state index contributed by atoms with van der Waals surface area (Å²) in [6.45, 7) is 12.0. The number of nitrogens with zero attached hydrogens (tertiary/aromatic N) is 4. The van der Waals surface area contributed by atoms with Gasteiger partial charge in [0.15, 0.2) is 0 Å². The summed E-state index contributed by atoms with van der Waals surface area (Å²) >= 11 is 0. The Bertz CT molecular complexity index is 626. The van der Waals surface area contributed by atoms with Crippen LogP contribution in [0.2, 0.25) is 0 Å². The highest BCUT2D eigenvalue weighted by Gasteiger charge is 2.21. The molecule has 1 aliphatic rings. The zero-order chi connectivity index (χ0) is 19.1. The van der Waals surface area contributed by atoms with Crippen molar-refractivity contribution in [2.75, 3.05) is 44.2 Å². The monoisotopic (exact) mass is 362 g/mol. The van der Waals surface area contributed by atoms with Crippen LogP contribution in [0.25, 0.3) is 0 Å². The molecule has 0 unspecified atom stereocenters. The summed E-state index contributed by atoms with van der Waals surface area (Å²) in [5.74, 6) is 1.83. The molecular formula is C18H30N6O2. The summed E-state index contributed by atoms with van der Waals surface area (Å²) in [6, 6.07) is 1.58. The summed E-state index contributed by atoms with van der Waals surface area (Å²) < 4.78 is 0. The van der Waals surface area contributed by atoms with Gasteiger partial charge in [-0.25, -0.2) is 14.8 Å². The lowest BCUT2D eigenvalue weighted by Gasteiger charge is -2.35. The van der Waals surface area contributed by atoms with Crippen LogP contribution in [0.3, 0.4) is 0 Å². The molecule has 8 nitrogen and oxygen atoms in total. The van der Waals surface area contributed by atoms with Gasteiger partial charge in [0, 0.05) is 50.4 Å². The molecule has 0 aromatic carbocycles. The Labute approximate surface area is 155 Å². The number of carbonyl (C=O) groups excluding carboxylic acids is 2. The summed E-state index contributed by atoms with van der Waals surface area (Å²) in [7, 11) is 0. The number of carbonyl (C=O) groups is 2. The number of amides is 3. The fourth-order valence-electron chi connectivity index (χ4n) is 2.78. The van der Waals surface area contributed by atoms with Gasteiger partial charge in [-0.05, 0) is 13.3 Å². The van der Waals surface area contributed by atoms with Crippen LogP contribution in [0.5, 0.6) is 0 Å². The van der Waals surface area contributed by atoms with E-state index in [0.717, 1.165) is 49.9 Å². The van der Waals surface area contributed by atoms with Crippen molar-refractivity contribution in [3.8, 4) is 0 Å². The first-order chi connectivity index (χ1) is 12.4. The van der Waals surface area contributed by atoms with Gasteiger partial charge in [-0.3, -0.25) is 15.0 Å². The number of anilines is 1. The van der Waals surface area contributed by atoms with Gasteiger partial charge in [-0.15, -0.1) is 0 Å². The van der Waals surface area contributed by atoms with Gasteiger partial charge < -0.3 is 10.2 Å². The minimum Gasteiger partial charge on any atom is -0.354 e. The van der Waals surface area contributed by atoms with Crippen molar-refractivity contribution in [2.24, 2.45) is 0 Å². The van der Waals surface area contributed by atoms with Crippen molar-refractivity contribution in [1.29, 1.82) is 0 Å². The van der Waals surface area contributed by atoms with Crippen molar-refractivity contribution < 1.29 is 9.59 Å². The Morgan fingerprint density at radius 2 is 1.88 bits per heavy atom. The smallest absolute Gasteiger partial charge is 0.321 e. The average molecular weight is 362 g/mol. The predicted molar refractivity (Wildman–Crippen MR) is 101 cm³/mol. The molecule has 8 heteroatoms. The zero-order valence-electron chi connectivity index (χ0n) is 16.2. The minimum atomic E-state index is -0.423. The highest BCUT2D eigenvalue weighted by molar-refractivity contribution is 5.95. The number of urea groups is 1. The number of nitrogens with one attached hydrogen (secondary N) is 2. The molecule has 0 aliphatic carbocycles. The van der Waals surface area contributed by atoms with E-state index in [-0.39, 0.29) is 18.4 Å². The molecule has 0 bridgehead atoms. The molecule has 0 saturated carbocycles. The molecule has 0 radical (unpaired) electrons. The minimum absolute atomic E-state index is 0.230. The second-order valence-electron chi connectivity index (χ2n) is 6.95. The molecule has 26 heavy (non-hydrogen) atoms. The second-order valence-corrected chi connectivity index (χ2v) is 6.95. The number of aryl methyl sites for hydroxylation is 1.